The maximum Gasteiger partial charge on any atom is 0.416 e. The minimum absolute atomic E-state index is 0.133. The van der Waals surface area contributed by atoms with Crippen molar-refractivity contribution in [1.82, 2.24) is 0 Å². The van der Waals surface area contributed by atoms with Crippen molar-refractivity contribution in [3.05, 3.63) is 46.5 Å². The molecule has 0 heterocycles. The summed E-state index contributed by atoms with van der Waals surface area (Å²) in [5.74, 6) is -0.133. The second-order valence-corrected chi connectivity index (χ2v) is 4.83. The van der Waals surface area contributed by atoms with E-state index in [1.807, 2.05) is 6.08 Å². The Morgan fingerprint density at radius 3 is 2.47 bits per heavy atom. The van der Waals surface area contributed by atoms with E-state index in [1.54, 1.807) is 6.92 Å². The molecule has 4 heteroatoms. The van der Waals surface area contributed by atoms with Crippen molar-refractivity contribution in [2.45, 2.75) is 38.8 Å². The van der Waals surface area contributed by atoms with Gasteiger partial charge in [-0.1, -0.05) is 12.1 Å². The summed E-state index contributed by atoms with van der Waals surface area (Å²) < 4.78 is 37.7. The van der Waals surface area contributed by atoms with Gasteiger partial charge < -0.3 is 0 Å². The molecule has 0 spiro atoms. The maximum absolute atomic E-state index is 12.6. The third kappa shape index (κ3) is 3.06. The molecule has 0 atom stereocenters. The quantitative estimate of drug-likeness (QED) is 0.711. The fraction of sp³-hybridized carbons (Fsp3) is 0.400. The van der Waals surface area contributed by atoms with Gasteiger partial charge in [0.25, 0.3) is 0 Å². The first kappa shape index (κ1) is 13.8. The minimum atomic E-state index is -4.36. The molecule has 1 aliphatic rings. The van der Waals surface area contributed by atoms with Crippen LogP contribution in [0.25, 0.3) is 0 Å². The Hall–Kier alpha value is -1.58. The van der Waals surface area contributed by atoms with Gasteiger partial charge in [-0.2, -0.15) is 13.2 Å². The van der Waals surface area contributed by atoms with Crippen molar-refractivity contribution in [1.29, 1.82) is 0 Å². The van der Waals surface area contributed by atoms with E-state index in [2.05, 4.69) is 0 Å². The number of aryl methyl sites for hydroxylation is 1. The highest BCUT2D eigenvalue weighted by Crippen LogP contribution is 2.31. The summed E-state index contributed by atoms with van der Waals surface area (Å²) in [7, 11) is 0. The molecule has 1 aromatic rings. The van der Waals surface area contributed by atoms with Crippen molar-refractivity contribution >= 4 is 5.78 Å². The number of rotatable bonds is 2. The first-order chi connectivity index (χ1) is 8.89. The van der Waals surface area contributed by atoms with E-state index in [-0.39, 0.29) is 5.78 Å². The standard InChI is InChI=1S/C15H15F3O/c1-10-9-12(15(16,17)18)7-8-13(10)14(19)11-5-3-2-4-6-11/h5,7-9H,2-4,6H2,1H3. The number of hydrogen-bond acceptors (Lipinski definition) is 1. The zero-order valence-corrected chi connectivity index (χ0v) is 10.7. The lowest BCUT2D eigenvalue weighted by molar-refractivity contribution is -0.137. The zero-order chi connectivity index (χ0) is 14.0. The number of ketones is 1. The molecule has 1 aromatic carbocycles. The molecule has 0 amide bonds. The molecular formula is C15H15F3O. The van der Waals surface area contributed by atoms with Crippen LogP contribution in [0.3, 0.4) is 0 Å². The monoisotopic (exact) mass is 268 g/mol. The van der Waals surface area contributed by atoms with Gasteiger partial charge in [-0.25, -0.2) is 0 Å². The second kappa shape index (κ2) is 5.19. The lowest BCUT2D eigenvalue weighted by atomic mass is 9.90. The van der Waals surface area contributed by atoms with Gasteiger partial charge in [0.2, 0.25) is 0 Å². The van der Waals surface area contributed by atoms with Gasteiger partial charge in [-0.3, -0.25) is 4.79 Å². The number of benzene rings is 1. The molecule has 1 aliphatic carbocycles. The molecule has 102 valence electrons. The average molecular weight is 268 g/mol. The number of alkyl halides is 3. The third-order valence-electron chi connectivity index (χ3n) is 3.38. The van der Waals surface area contributed by atoms with E-state index < -0.39 is 11.7 Å². The fourth-order valence-electron chi connectivity index (χ4n) is 2.31. The zero-order valence-electron chi connectivity index (χ0n) is 10.7. The van der Waals surface area contributed by atoms with Gasteiger partial charge in [0.05, 0.1) is 5.56 Å². The van der Waals surface area contributed by atoms with Crippen LogP contribution in [-0.2, 0) is 6.18 Å². The van der Waals surface area contributed by atoms with Crippen LogP contribution in [-0.4, -0.2) is 5.78 Å². The topological polar surface area (TPSA) is 17.1 Å². The van der Waals surface area contributed by atoms with E-state index in [9.17, 15) is 18.0 Å². The number of carbonyl (C=O) groups excluding carboxylic acids is 1. The van der Waals surface area contributed by atoms with Gasteiger partial charge in [-0.05, 0) is 55.9 Å². The van der Waals surface area contributed by atoms with E-state index in [0.29, 0.717) is 11.1 Å². The lowest BCUT2D eigenvalue weighted by Gasteiger charge is -2.14. The maximum atomic E-state index is 12.6. The summed E-state index contributed by atoms with van der Waals surface area (Å²) in [6.07, 6.45) is 1.18. The molecule has 0 bridgehead atoms. The molecule has 0 fully saturated rings. The highest BCUT2D eigenvalue weighted by Gasteiger charge is 2.31. The number of carbonyl (C=O) groups is 1. The Bertz CT molecular complexity index is 527. The Labute approximate surface area is 110 Å². The Morgan fingerprint density at radius 1 is 1.21 bits per heavy atom. The molecule has 19 heavy (non-hydrogen) atoms. The molecule has 0 saturated carbocycles. The lowest BCUT2D eigenvalue weighted by Crippen LogP contribution is -2.11. The molecule has 0 saturated heterocycles. The minimum Gasteiger partial charge on any atom is -0.289 e. The smallest absolute Gasteiger partial charge is 0.289 e. The van der Waals surface area contributed by atoms with Gasteiger partial charge in [-0.15, -0.1) is 0 Å². The summed E-state index contributed by atoms with van der Waals surface area (Å²) in [5, 5.41) is 0. The van der Waals surface area contributed by atoms with E-state index in [1.165, 1.54) is 6.07 Å². The van der Waals surface area contributed by atoms with Gasteiger partial charge >= 0.3 is 6.18 Å². The summed E-state index contributed by atoms with van der Waals surface area (Å²) in [6.45, 7) is 1.55. The van der Waals surface area contributed by atoms with E-state index in [4.69, 9.17) is 0 Å². The number of Topliss-reactive ketones (excluding diaryl/α,β-unsaturated/α-hetero) is 1. The van der Waals surface area contributed by atoms with E-state index >= 15 is 0 Å². The average Bonchev–Trinajstić information content (AvgIpc) is 2.38. The van der Waals surface area contributed by atoms with Gasteiger partial charge in [0.1, 0.15) is 0 Å². The van der Waals surface area contributed by atoms with Crippen LogP contribution < -0.4 is 0 Å². The summed E-state index contributed by atoms with van der Waals surface area (Å²) in [6, 6.07) is 3.30. The van der Waals surface area contributed by atoms with Crippen LogP contribution in [0.15, 0.2) is 29.8 Å². The highest BCUT2D eigenvalue weighted by atomic mass is 19.4. The Balaban J connectivity index is 2.31. The molecule has 0 aliphatic heterocycles. The molecule has 1 nitrogen and oxygen atoms in total. The summed E-state index contributed by atoms with van der Waals surface area (Å²) in [4.78, 5) is 12.2. The van der Waals surface area contributed by atoms with Crippen molar-refractivity contribution in [2.75, 3.05) is 0 Å². The predicted molar refractivity (Wildman–Crippen MR) is 67.1 cm³/mol. The largest absolute Gasteiger partial charge is 0.416 e. The summed E-state index contributed by atoms with van der Waals surface area (Å²) >= 11 is 0. The molecule has 0 radical (unpaired) electrons. The van der Waals surface area contributed by atoms with Crippen molar-refractivity contribution in [2.24, 2.45) is 0 Å². The second-order valence-electron chi connectivity index (χ2n) is 4.83. The van der Waals surface area contributed by atoms with Gasteiger partial charge in [0, 0.05) is 5.56 Å². The van der Waals surface area contributed by atoms with Crippen LogP contribution in [0.1, 0.15) is 47.2 Å². The first-order valence-corrected chi connectivity index (χ1v) is 6.31. The normalized spacial score (nSPS) is 16.1. The summed E-state index contributed by atoms with van der Waals surface area (Å²) in [5.41, 5.74) is 0.778. The molecule has 0 aromatic heterocycles. The van der Waals surface area contributed by atoms with Crippen molar-refractivity contribution in [3.8, 4) is 0 Å². The SMILES string of the molecule is Cc1cc(C(F)(F)F)ccc1C(=O)C1=CCCCC1. The van der Waals surface area contributed by atoms with Crippen LogP contribution in [0, 0.1) is 6.92 Å². The van der Waals surface area contributed by atoms with Crippen LogP contribution in [0.2, 0.25) is 0 Å². The molecule has 0 N–H and O–H groups in total. The molecular weight excluding hydrogens is 253 g/mol. The number of halogens is 3. The number of hydrogen-bond donors (Lipinski definition) is 0. The van der Waals surface area contributed by atoms with Gasteiger partial charge in [0.15, 0.2) is 5.78 Å². The molecule has 2 rings (SSSR count). The van der Waals surface area contributed by atoms with E-state index in [0.717, 1.165) is 43.4 Å². The fourth-order valence-corrected chi connectivity index (χ4v) is 2.31. The Kier molecular flexibility index (Phi) is 3.78. The predicted octanol–water partition coefficient (Wildman–Crippen LogP) is 4.70. The van der Waals surface area contributed by atoms with Crippen molar-refractivity contribution < 1.29 is 18.0 Å². The Morgan fingerprint density at radius 2 is 1.95 bits per heavy atom. The third-order valence-corrected chi connectivity index (χ3v) is 3.38. The van der Waals surface area contributed by atoms with Crippen LogP contribution in [0.4, 0.5) is 13.2 Å². The van der Waals surface area contributed by atoms with Crippen LogP contribution >= 0.6 is 0 Å². The number of allylic oxidation sites excluding steroid dienone is 2. The van der Waals surface area contributed by atoms with Crippen molar-refractivity contribution in [3.63, 3.8) is 0 Å². The van der Waals surface area contributed by atoms with Crippen LogP contribution in [0.5, 0.6) is 0 Å². The highest BCUT2D eigenvalue weighted by molar-refractivity contribution is 6.09. The molecule has 0 unspecified atom stereocenters. The first-order valence-electron chi connectivity index (χ1n) is 6.31.